The second-order valence-corrected chi connectivity index (χ2v) is 2.67. The first-order valence-corrected chi connectivity index (χ1v) is 3.10. The predicted octanol–water partition coefficient (Wildman–Crippen LogP) is 0.872. The minimum absolute atomic E-state index is 0.331. The zero-order chi connectivity index (χ0) is 7.94. The number of halogens is 2. The third-order valence-electron chi connectivity index (χ3n) is 1.85. The van der Waals surface area contributed by atoms with E-state index in [1.165, 1.54) is 7.05 Å². The van der Waals surface area contributed by atoms with Gasteiger partial charge in [-0.2, -0.15) is 8.78 Å². The molecular weight excluding hydrogens is 140 g/mol. The zero-order valence-electron chi connectivity index (χ0n) is 5.90. The molecule has 0 aliphatic carbocycles. The minimum Gasteiger partial charge on any atom is -0.338 e. The van der Waals surface area contributed by atoms with Gasteiger partial charge in [-0.15, -0.1) is 0 Å². The van der Waals surface area contributed by atoms with Crippen LogP contribution >= 0.6 is 0 Å². The Morgan fingerprint density at radius 2 is 2.20 bits per heavy atom. The number of amides is 1. The first-order chi connectivity index (χ1) is 4.45. The Hall–Kier alpha value is -0.670. The molecule has 1 heterocycles. The van der Waals surface area contributed by atoms with E-state index >= 15 is 0 Å². The SMILES string of the molecule is C[C@@H]1CC(F)(F)C(=O)N1C. The van der Waals surface area contributed by atoms with Gasteiger partial charge in [0, 0.05) is 19.5 Å². The molecule has 0 aromatic rings. The molecule has 10 heavy (non-hydrogen) atoms. The molecule has 1 amide bonds. The Kier molecular flexibility index (Phi) is 1.42. The fourth-order valence-corrected chi connectivity index (χ4v) is 1.05. The van der Waals surface area contributed by atoms with Crippen LogP contribution in [0.3, 0.4) is 0 Å². The number of rotatable bonds is 0. The van der Waals surface area contributed by atoms with Gasteiger partial charge in [0.25, 0.3) is 5.91 Å². The van der Waals surface area contributed by atoms with E-state index < -0.39 is 11.8 Å². The van der Waals surface area contributed by atoms with Gasteiger partial charge >= 0.3 is 5.92 Å². The van der Waals surface area contributed by atoms with Gasteiger partial charge < -0.3 is 4.90 Å². The third-order valence-corrected chi connectivity index (χ3v) is 1.85. The Bertz CT molecular complexity index is 169. The average molecular weight is 149 g/mol. The first kappa shape index (κ1) is 7.44. The van der Waals surface area contributed by atoms with E-state index in [1.54, 1.807) is 6.92 Å². The molecule has 0 bridgehead atoms. The summed E-state index contributed by atoms with van der Waals surface area (Å²) in [7, 11) is 1.40. The molecule has 1 aliphatic heterocycles. The lowest BCUT2D eigenvalue weighted by Crippen LogP contribution is -2.31. The maximum atomic E-state index is 12.4. The highest BCUT2D eigenvalue weighted by Crippen LogP contribution is 2.31. The fraction of sp³-hybridized carbons (Fsp3) is 0.833. The van der Waals surface area contributed by atoms with E-state index in [1.807, 2.05) is 0 Å². The highest BCUT2D eigenvalue weighted by Gasteiger charge is 2.50. The maximum Gasteiger partial charge on any atom is 0.326 e. The van der Waals surface area contributed by atoms with E-state index in [2.05, 4.69) is 0 Å². The van der Waals surface area contributed by atoms with Crippen molar-refractivity contribution in [2.45, 2.75) is 25.3 Å². The van der Waals surface area contributed by atoms with Crippen LogP contribution in [-0.4, -0.2) is 29.8 Å². The number of likely N-dealkylation sites (tertiary alicyclic amines) is 1. The molecule has 0 aromatic heterocycles. The van der Waals surface area contributed by atoms with Crippen LogP contribution in [0.2, 0.25) is 0 Å². The summed E-state index contributed by atoms with van der Waals surface area (Å²) in [6.45, 7) is 1.61. The van der Waals surface area contributed by atoms with Crippen LogP contribution in [-0.2, 0) is 4.79 Å². The molecule has 1 aliphatic rings. The largest absolute Gasteiger partial charge is 0.338 e. The van der Waals surface area contributed by atoms with Gasteiger partial charge in [0.05, 0.1) is 0 Å². The van der Waals surface area contributed by atoms with E-state index in [4.69, 9.17) is 0 Å². The molecule has 58 valence electrons. The lowest BCUT2D eigenvalue weighted by atomic mass is 10.2. The molecule has 1 atom stereocenters. The molecule has 0 spiro atoms. The average Bonchev–Trinajstić information content (AvgIpc) is 1.95. The summed E-state index contributed by atoms with van der Waals surface area (Å²) in [5.74, 6) is -4.17. The highest BCUT2D eigenvalue weighted by atomic mass is 19.3. The molecule has 0 unspecified atom stereocenters. The van der Waals surface area contributed by atoms with Crippen LogP contribution in [0.4, 0.5) is 8.78 Å². The van der Waals surface area contributed by atoms with Crippen molar-refractivity contribution in [1.29, 1.82) is 0 Å². The van der Waals surface area contributed by atoms with Gasteiger partial charge in [0.2, 0.25) is 0 Å². The summed E-state index contributed by atoms with van der Waals surface area (Å²) < 4.78 is 24.9. The van der Waals surface area contributed by atoms with Gasteiger partial charge in [-0.1, -0.05) is 0 Å². The van der Waals surface area contributed by atoms with Gasteiger partial charge in [-0.3, -0.25) is 4.79 Å². The van der Waals surface area contributed by atoms with Crippen molar-refractivity contribution in [3.63, 3.8) is 0 Å². The van der Waals surface area contributed by atoms with E-state index in [0.29, 0.717) is 0 Å². The number of alkyl halides is 2. The van der Waals surface area contributed by atoms with E-state index in [-0.39, 0.29) is 12.5 Å². The van der Waals surface area contributed by atoms with Crippen LogP contribution < -0.4 is 0 Å². The Morgan fingerprint density at radius 3 is 2.30 bits per heavy atom. The van der Waals surface area contributed by atoms with Gasteiger partial charge in [-0.05, 0) is 6.92 Å². The van der Waals surface area contributed by atoms with Crippen LogP contribution in [0.25, 0.3) is 0 Å². The molecule has 0 radical (unpaired) electrons. The minimum atomic E-state index is -3.12. The normalized spacial score (nSPS) is 31.4. The standard InChI is InChI=1S/C6H9F2NO/c1-4-3-6(7,8)5(10)9(4)2/h4H,3H2,1-2H3/t4-/m1/s1. The lowest BCUT2D eigenvalue weighted by Gasteiger charge is -2.12. The maximum absolute atomic E-state index is 12.4. The topological polar surface area (TPSA) is 20.3 Å². The van der Waals surface area contributed by atoms with Gasteiger partial charge in [-0.25, -0.2) is 0 Å². The van der Waals surface area contributed by atoms with E-state index in [9.17, 15) is 13.6 Å². The molecule has 1 fully saturated rings. The molecular formula is C6H9F2NO. The smallest absolute Gasteiger partial charge is 0.326 e. The van der Waals surface area contributed by atoms with Crippen molar-refractivity contribution in [1.82, 2.24) is 4.90 Å². The van der Waals surface area contributed by atoms with Crippen LogP contribution in [0.5, 0.6) is 0 Å². The van der Waals surface area contributed by atoms with Crippen molar-refractivity contribution in [3.05, 3.63) is 0 Å². The molecule has 0 saturated carbocycles. The highest BCUT2D eigenvalue weighted by molar-refractivity contribution is 5.85. The summed E-state index contributed by atoms with van der Waals surface area (Å²) in [5, 5.41) is 0. The Morgan fingerprint density at radius 1 is 1.70 bits per heavy atom. The second kappa shape index (κ2) is 1.90. The number of hydrogen-bond donors (Lipinski definition) is 0. The third kappa shape index (κ3) is 0.874. The van der Waals surface area contributed by atoms with Crippen molar-refractivity contribution >= 4 is 5.91 Å². The molecule has 2 nitrogen and oxygen atoms in total. The lowest BCUT2D eigenvalue weighted by molar-refractivity contribution is -0.146. The van der Waals surface area contributed by atoms with Crippen molar-refractivity contribution < 1.29 is 13.6 Å². The van der Waals surface area contributed by atoms with Crippen molar-refractivity contribution in [2.24, 2.45) is 0 Å². The monoisotopic (exact) mass is 149 g/mol. The number of nitrogens with zero attached hydrogens (tertiary/aromatic N) is 1. The van der Waals surface area contributed by atoms with Crippen LogP contribution in [0, 0.1) is 0 Å². The predicted molar refractivity (Wildman–Crippen MR) is 31.8 cm³/mol. The first-order valence-electron chi connectivity index (χ1n) is 3.10. The number of carbonyl (C=O) groups excluding carboxylic acids is 1. The summed E-state index contributed by atoms with van der Waals surface area (Å²) in [5.41, 5.74) is 0. The second-order valence-electron chi connectivity index (χ2n) is 2.67. The zero-order valence-corrected chi connectivity index (χ0v) is 5.90. The summed E-state index contributed by atoms with van der Waals surface area (Å²) in [4.78, 5) is 11.7. The molecule has 1 rings (SSSR count). The Balaban J connectivity index is 2.82. The van der Waals surface area contributed by atoms with Crippen LogP contribution in [0.15, 0.2) is 0 Å². The molecule has 0 aromatic carbocycles. The molecule has 0 N–H and O–H groups in total. The fourth-order valence-electron chi connectivity index (χ4n) is 1.05. The molecule has 4 heteroatoms. The summed E-state index contributed by atoms with van der Waals surface area (Å²) in [6.07, 6.45) is -0.345. The molecule has 1 saturated heterocycles. The van der Waals surface area contributed by atoms with Crippen molar-refractivity contribution in [2.75, 3.05) is 7.05 Å². The number of hydrogen-bond acceptors (Lipinski definition) is 1. The summed E-state index contributed by atoms with van der Waals surface area (Å²) in [6, 6.07) is -0.331. The van der Waals surface area contributed by atoms with Crippen molar-refractivity contribution in [3.8, 4) is 0 Å². The number of carbonyl (C=O) groups is 1. The Labute approximate surface area is 57.8 Å². The van der Waals surface area contributed by atoms with Crippen LogP contribution in [0.1, 0.15) is 13.3 Å². The van der Waals surface area contributed by atoms with E-state index in [0.717, 1.165) is 4.90 Å². The van der Waals surface area contributed by atoms with Gasteiger partial charge in [0.1, 0.15) is 0 Å². The van der Waals surface area contributed by atoms with Gasteiger partial charge in [0.15, 0.2) is 0 Å². The quantitative estimate of drug-likeness (QED) is 0.500. The summed E-state index contributed by atoms with van der Waals surface area (Å²) >= 11 is 0.